The molecule has 294 valence electrons. The molecule has 0 radical (unpaired) electrons. The second-order valence-corrected chi connectivity index (χ2v) is 18.4. The number of aliphatic hydroxyl groups excluding tert-OH is 1. The quantitative estimate of drug-likeness (QED) is 0.0857. The number of carbonyl (C=O) groups is 3. The zero-order chi connectivity index (χ0) is 39.4. The van der Waals surface area contributed by atoms with Crippen LogP contribution in [0.15, 0.2) is 54.0 Å². The molecule has 5 rings (SSSR count). The van der Waals surface area contributed by atoms with E-state index in [9.17, 15) is 19.5 Å². The Kier molecular flexibility index (Phi) is 12.9. The lowest BCUT2D eigenvalue weighted by molar-refractivity contribution is -0.147. The summed E-state index contributed by atoms with van der Waals surface area (Å²) in [6.45, 7) is 19.7. The Morgan fingerprint density at radius 1 is 1.02 bits per heavy atom. The fourth-order valence-corrected chi connectivity index (χ4v) is 9.10. The van der Waals surface area contributed by atoms with Crippen LogP contribution in [0.2, 0.25) is 0 Å². The van der Waals surface area contributed by atoms with E-state index in [4.69, 9.17) is 4.84 Å². The van der Waals surface area contributed by atoms with E-state index in [0.717, 1.165) is 53.2 Å². The highest BCUT2D eigenvalue weighted by Crippen LogP contribution is 2.53. The number of amides is 3. The van der Waals surface area contributed by atoms with Crippen molar-refractivity contribution in [1.82, 2.24) is 26.0 Å². The second kappa shape index (κ2) is 16.9. The second-order valence-electron chi connectivity index (χ2n) is 17.6. The van der Waals surface area contributed by atoms with Gasteiger partial charge in [-0.05, 0) is 84.7 Å². The van der Waals surface area contributed by atoms with Crippen LogP contribution >= 0.6 is 11.3 Å². The molecule has 2 aliphatic rings. The molecule has 0 spiro atoms. The van der Waals surface area contributed by atoms with Gasteiger partial charge in [0.1, 0.15) is 12.1 Å². The number of β-amino-alcohol motifs (C(OH)–C–C–N with tert-alkyl or cyclic N) is 1. The number of nitrogens with zero attached hydrogens (tertiary/aromatic N) is 2. The van der Waals surface area contributed by atoms with Crippen molar-refractivity contribution in [2.24, 2.45) is 16.2 Å². The molecule has 1 aromatic heterocycles. The molecule has 5 N–H and O–H groups in total. The molecule has 2 aromatic carbocycles. The van der Waals surface area contributed by atoms with Crippen LogP contribution in [0.3, 0.4) is 0 Å². The Morgan fingerprint density at radius 3 is 2.28 bits per heavy atom. The number of carbonyl (C=O) groups excluding carboxylic acids is 3. The van der Waals surface area contributed by atoms with Crippen molar-refractivity contribution in [3.63, 3.8) is 0 Å². The molecule has 1 aliphatic heterocycles. The number of unbranched alkanes of at least 4 members (excludes halogenated alkanes) is 1. The van der Waals surface area contributed by atoms with E-state index in [1.165, 1.54) is 4.90 Å². The summed E-state index contributed by atoms with van der Waals surface area (Å²) < 4.78 is 0. The third-order valence-corrected chi connectivity index (χ3v) is 11.8. The van der Waals surface area contributed by atoms with Gasteiger partial charge in [-0.25, -0.2) is 4.98 Å². The number of hydrogen-bond acceptors (Lipinski definition) is 9. The van der Waals surface area contributed by atoms with Crippen LogP contribution in [0.4, 0.5) is 5.69 Å². The Hall–Kier alpha value is -3.84. The third-order valence-electron chi connectivity index (χ3n) is 10.9. The summed E-state index contributed by atoms with van der Waals surface area (Å²) in [6.07, 6.45) is 2.04. The minimum absolute atomic E-state index is 0.0429. The van der Waals surface area contributed by atoms with E-state index < -0.39 is 23.6 Å². The minimum atomic E-state index is -0.795. The third kappa shape index (κ3) is 9.87. The zero-order valence-electron chi connectivity index (χ0n) is 33.4. The lowest BCUT2D eigenvalue weighted by atomic mass is 9.52. The largest absolute Gasteiger partial charge is 0.391 e. The van der Waals surface area contributed by atoms with Crippen LogP contribution in [-0.2, 0) is 14.4 Å². The van der Waals surface area contributed by atoms with Gasteiger partial charge in [0.25, 0.3) is 5.91 Å². The monoisotopic (exact) mass is 760 g/mol. The predicted molar refractivity (Wildman–Crippen MR) is 215 cm³/mol. The van der Waals surface area contributed by atoms with Gasteiger partial charge in [-0.2, -0.15) is 5.48 Å². The fourth-order valence-electron chi connectivity index (χ4n) is 8.29. The molecule has 4 atom stereocenters. The zero-order valence-corrected chi connectivity index (χ0v) is 34.2. The topological polar surface area (TPSA) is 145 Å². The lowest BCUT2D eigenvalue weighted by Crippen LogP contribution is -2.63. The molecule has 0 unspecified atom stereocenters. The standard InChI is InChI=1S/C42H60N6O5S/c1-26(28-12-14-29(15-13-28)34-27(2)44-25-54-34)45-37(51)33-22-32(49)23-48(33)38(52)35(40(3,4)5)47-53-21-11-10-20-43-31-18-16-30(17-19-31)36(50)46-39-41(6,7)24-42(39,8)9/h12-19,25-26,32-33,35,39,43,47,49H,10-11,20-24H2,1-9H3,(H,45,51)(H,46,50)/t26-,32-,33+,35-/m1/s1. The molecule has 1 aliphatic carbocycles. The molecule has 2 heterocycles. The normalized spacial score (nSPS) is 20.5. The molecular weight excluding hydrogens is 701 g/mol. The first-order chi connectivity index (χ1) is 25.4. The molecule has 1 saturated heterocycles. The Bertz CT molecular complexity index is 1740. The van der Waals surface area contributed by atoms with Crippen molar-refractivity contribution < 1.29 is 24.3 Å². The summed E-state index contributed by atoms with van der Waals surface area (Å²) >= 11 is 1.59. The van der Waals surface area contributed by atoms with Gasteiger partial charge in [-0.15, -0.1) is 11.3 Å². The van der Waals surface area contributed by atoms with Crippen LogP contribution in [0.25, 0.3) is 10.4 Å². The average molecular weight is 761 g/mol. The number of benzene rings is 2. The number of hydrogen-bond donors (Lipinski definition) is 5. The van der Waals surface area contributed by atoms with Gasteiger partial charge in [0.05, 0.1) is 34.8 Å². The maximum Gasteiger partial charge on any atom is 0.251 e. The summed E-state index contributed by atoms with van der Waals surface area (Å²) in [5.41, 5.74) is 9.08. The fraction of sp³-hybridized carbons (Fsp3) is 0.571. The molecule has 2 fully saturated rings. The van der Waals surface area contributed by atoms with E-state index in [1.807, 2.05) is 88.7 Å². The van der Waals surface area contributed by atoms with E-state index in [2.05, 4.69) is 54.1 Å². The van der Waals surface area contributed by atoms with Gasteiger partial charge >= 0.3 is 0 Å². The van der Waals surface area contributed by atoms with Gasteiger partial charge in [0, 0.05) is 36.8 Å². The van der Waals surface area contributed by atoms with E-state index in [-0.39, 0.29) is 53.6 Å². The summed E-state index contributed by atoms with van der Waals surface area (Å²) in [5.74, 6) is -0.621. The number of hydroxylamine groups is 1. The van der Waals surface area contributed by atoms with Crippen LogP contribution in [0.1, 0.15) is 109 Å². The van der Waals surface area contributed by atoms with Crippen molar-refractivity contribution >= 4 is 34.7 Å². The maximum atomic E-state index is 14.0. The first-order valence-corrected chi connectivity index (χ1v) is 20.1. The molecule has 11 nitrogen and oxygen atoms in total. The maximum absolute atomic E-state index is 14.0. The molecule has 54 heavy (non-hydrogen) atoms. The summed E-state index contributed by atoms with van der Waals surface area (Å²) in [7, 11) is 0. The van der Waals surface area contributed by atoms with Gasteiger partial charge in [-0.1, -0.05) is 72.7 Å². The highest BCUT2D eigenvalue weighted by atomic mass is 32.1. The molecule has 12 heteroatoms. The summed E-state index contributed by atoms with van der Waals surface area (Å²) in [6, 6.07) is 13.9. The molecule has 3 aromatic rings. The molecule has 0 bridgehead atoms. The van der Waals surface area contributed by atoms with Gasteiger partial charge < -0.3 is 30.8 Å². The van der Waals surface area contributed by atoms with Crippen molar-refractivity contribution in [1.29, 1.82) is 0 Å². The van der Waals surface area contributed by atoms with E-state index in [0.29, 0.717) is 12.2 Å². The van der Waals surface area contributed by atoms with Crippen molar-refractivity contribution in [2.45, 2.75) is 118 Å². The first kappa shape index (κ1) is 41.3. The Labute approximate surface area is 325 Å². The molecular formula is C42H60N6O5S. The van der Waals surface area contributed by atoms with Crippen molar-refractivity contribution in [3.8, 4) is 10.4 Å². The minimum Gasteiger partial charge on any atom is -0.391 e. The highest BCUT2D eigenvalue weighted by molar-refractivity contribution is 7.13. The predicted octanol–water partition coefficient (Wildman–Crippen LogP) is 6.64. The number of likely N-dealkylation sites (tertiary alicyclic amines) is 1. The number of aromatic nitrogens is 1. The van der Waals surface area contributed by atoms with Gasteiger partial charge in [0.2, 0.25) is 11.8 Å². The molecule has 1 saturated carbocycles. The number of aryl methyl sites for hydroxylation is 1. The first-order valence-electron chi connectivity index (χ1n) is 19.2. The average Bonchev–Trinajstić information content (AvgIpc) is 3.72. The highest BCUT2D eigenvalue weighted by Gasteiger charge is 2.53. The van der Waals surface area contributed by atoms with E-state index in [1.54, 1.807) is 11.3 Å². The van der Waals surface area contributed by atoms with Gasteiger partial charge in [0.15, 0.2) is 0 Å². The number of nitrogens with one attached hydrogen (secondary N) is 4. The smallest absolute Gasteiger partial charge is 0.251 e. The van der Waals surface area contributed by atoms with Crippen LogP contribution in [0.5, 0.6) is 0 Å². The summed E-state index contributed by atoms with van der Waals surface area (Å²) in [5, 5.41) is 20.3. The Balaban J connectivity index is 1.06. The van der Waals surface area contributed by atoms with Crippen LogP contribution in [0, 0.1) is 23.2 Å². The van der Waals surface area contributed by atoms with Crippen molar-refractivity contribution in [3.05, 3.63) is 70.9 Å². The number of thiazole rings is 1. The lowest BCUT2D eigenvalue weighted by Gasteiger charge is -2.57. The van der Waals surface area contributed by atoms with Crippen molar-refractivity contribution in [2.75, 3.05) is 25.0 Å². The molecule has 3 amide bonds. The number of aliphatic hydroxyl groups is 1. The number of rotatable bonds is 15. The van der Waals surface area contributed by atoms with E-state index >= 15 is 0 Å². The SMILES string of the molecule is Cc1ncsc1-c1ccc([C@@H](C)NC(=O)[C@@H]2C[C@@H](O)CN2C(=O)[C@@H](NOCCCCNc2ccc(C(=O)NC3C(C)(C)CC3(C)C)cc2)C(C)(C)C)cc1. The van der Waals surface area contributed by atoms with Crippen LogP contribution < -0.4 is 21.4 Å². The van der Waals surface area contributed by atoms with Gasteiger partial charge in [-0.3, -0.25) is 14.4 Å². The van der Waals surface area contributed by atoms with Crippen LogP contribution in [-0.4, -0.2) is 76.6 Å². The Morgan fingerprint density at radius 2 is 1.69 bits per heavy atom. The number of anilines is 1. The summed E-state index contributed by atoms with van der Waals surface area (Å²) in [4.78, 5) is 53.2.